The second kappa shape index (κ2) is 8.61. The molecule has 1 unspecified atom stereocenters. The summed E-state index contributed by atoms with van der Waals surface area (Å²) in [6, 6.07) is 12.8. The molecule has 0 spiro atoms. The third-order valence-electron chi connectivity index (χ3n) is 3.89. The highest BCUT2D eigenvalue weighted by molar-refractivity contribution is 5.85. The molecular formula is C17H21ClN4O2. The zero-order valence-electron chi connectivity index (χ0n) is 13.3. The van der Waals surface area contributed by atoms with Crippen LogP contribution in [0.4, 0.5) is 0 Å². The van der Waals surface area contributed by atoms with Crippen molar-refractivity contribution in [3.05, 3.63) is 52.8 Å². The van der Waals surface area contributed by atoms with Crippen molar-refractivity contribution in [3.63, 3.8) is 0 Å². The van der Waals surface area contributed by atoms with Gasteiger partial charge in [0.1, 0.15) is 6.54 Å². The van der Waals surface area contributed by atoms with Gasteiger partial charge in [0.05, 0.1) is 5.69 Å². The number of benzene rings is 1. The Morgan fingerprint density at radius 3 is 2.75 bits per heavy atom. The molecule has 24 heavy (non-hydrogen) atoms. The van der Waals surface area contributed by atoms with Crippen LogP contribution in [0.15, 0.2) is 47.3 Å². The predicted octanol–water partition coefficient (Wildman–Crippen LogP) is 1.20. The van der Waals surface area contributed by atoms with E-state index in [1.165, 1.54) is 10.7 Å². The molecule has 1 aliphatic rings. The normalized spacial score (nSPS) is 16.9. The van der Waals surface area contributed by atoms with Crippen LogP contribution in [-0.2, 0) is 11.3 Å². The van der Waals surface area contributed by atoms with E-state index in [0.29, 0.717) is 5.69 Å². The van der Waals surface area contributed by atoms with E-state index >= 15 is 0 Å². The number of nitrogens with zero attached hydrogens (tertiary/aromatic N) is 2. The summed E-state index contributed by atoms with van der Waals surface area (Å²) in [4.78, 5) is 24.1. The predicted molar refractivity (Wildman–Crippen MR) is 95.2 cm³/mol. The quantitative estimate of drug-likeness (QED) is 0.870. The number of amides is 1. The van der Waals surface area contributed by atoms with Gasteiger partial charge < -0.3 is 10.6 Å². The summed E-state index contributed by atoms with van der Waals surface area (Å²) in [5.74, 6) is -0.182. The molecule has 0 aliphatic carbocycles. The van der Waals surface area contributed by atoms with Gasteiger partial charge in [-0.2, -0.15) is 5.10 Å². The van der Waals surface area contributed by atoms with Gasteiger partial charge in [-0.05, 0) is 25.5 Å². The van der Waals surface area contributed by atoms with Gasteiger partial charge >= 0.3 is 0 Å². The van der Waals surface area contributed by atoms with Crippen molar-refractivity contribution in [1.82, 2.24) is 20.4 Å². The van der Waals surface area contributed by atoms with Crippen molar-refractivity contribution < 1.29 is 4.79 Å². The molecule has 3 rings (SSSR count). The lowest BCUT2D eigenvalue weighted by atomic mass is 10.1. The van der Waals surface area contributed by atoms with Crippen LogP contribution < -0.4 is 16.2 Å². The Morgan fingerprint density at radius 2 is 2.04 bits per heavy atom. The first-order chi connectivity index (χ1) is 11.2. The van der Waals surface area contributed by atoms with Crippen LogP contribution in [0, 0.1) is 0 Å². The molecule has 1 aromatic heterocycles. The van der Waals surface area contributed by atoms with Crippen molar-refractivity contribution >= 4 is 18.3 Å². The summed E-state index contributed by atoms with van der Waals surface area (Å²) in [6.45, 7) is 1.71. The maximum absolute atomic E-state index is 12.1. The molecule has 2 N–H and O–H groups in total. The lowest BCUT2D eigenvalue weighted by Gasteiger charge is -2.23. The zero-order valence-corrected chi connectivity index (χ0v) is 14.1. The number of nitrogens with one attached hydrogen (secondary N) is 2. The monoisotopic (exact) mass is 348 g/mol. The van der Waals surface area contributed by atoms with E-state index < -0.39 is 0 Å². The number of hydrogen-bond acceptors (Lipinski definition) is 4. The lowest BCUT2D eigenvalue weighted by molar-refractivity contribution is -0.122. The van der Waals surface area contributed by atoms with Crippen LogP contribution in [0.1, 0.15) is 12.8 Å². The first kappa shape index (κ1) is 18.2. The summed E-state index contributed by atoms with van der Waals surface area (Å²) in [6.07, 6.45) is 2.01. The Balaban J connectivity index is 0.00000208. The van der Waals surface area contributed by atoms with E-state index in [1.807, 2.05) is 30.3 Å². The minimum absolute atomic E-state index is 0. The number of halogens is 1. The molecule has 1 fully saturated rings. The Labute approximate surface area is 146 Å². The van der Waals surface area contributed by atoms with Gasteiger partial charge in [0.2, 0.25) is 5.91 Å². The molecule has 1 amide bonds. The summed E-state index contributed by atoms with van der Waals surface area (Å²) >= 11 is 0. The van der Waals surface area contributed by atoms with Crippen molar-refractivity contribution in [1.29, 1.82) is 0 Å². The Hall–Kier alpha value is -2.18. The highest BCUT2D eigenvalue weighted by Gasteiger charge is 2.16. The van der Waals surface area contributed by atoms with Gasteiger partial charge in [0.25, 0.3) is 5.56 Å². The lowest BCUT2D eigenvalue weighted by Crippen LogP contribution is -2.47. The summed E-state index contributed by atoms with van der Waals surface area (Å²) < 4.78 is 1.22. The molecule has 1 saturated heterocycles. The van der Waals surface area contributed by atoms with E-state index in [9.17, 15) is 9.59 Å². The number of rotatable bonds is 4. The smallest absolute Gasteiger partial charge is 0.267 e. The molecule has 1 aromatic carbocycles. The third kappa shape index (κ3) is 4.66. The Kier molecular flexibility index (Phi) is 6.52. The highest BCUT2D eigenvalue weighted by atomic mass is 35.5. The van der Waals surface area contributed by atoms with Gasteiger partial charge in [-0.1, -0.05) is 30.3 Å². The molecule has 2 heterocycles. The average molecular weight is 349 g/mol. The van der Waals surface area contributed by atoms with Gasteiger partial charge in [0, 0.05) is 24.2 Å². The van der Waals surface area contributed by atoms with Gasteiger partial charge in [-0.3, -0.25) is 9.59 Å². The van der Waals surface area contributed by atoms with E-state index in [4.69, 9.17) is 0 Å². The second-order valence-corrected chi connectivity index (χ2v) is 5.69. The van der Waals surface area contributed by atoms with Crippen molar-refractivity contribution in [3.8, 4) is 11.3 Å². The average Bonchev–Trinajstić information content (AvgIpc) is 2.58. The highest BCUT2D eigenvalue weighted by Crippen LogP contribution is 2.13. The molecule has 1 aliphatic heterocycles. The van der Waals surface area contributed by atoms with E-state index in [-0.39, 0.29) is 36.5 Å². The molecule has 2 aromatic rings. The van der Waals surface area contributed by atoms with Crippen LogP contribution in [0.3, 0.4) is 0 Å². The Morgan fingerprint density at radius 1 is 1.25 bits per heavy atom. The molecular weight excluding hydrogens is 328 g/mol. The van der Waals surface area contributed by atoms with Crippen molar-refractivity contribution in [2.24, 2.45) is 0 Å². The fourth-order valence-electron chi connectivity index (χ4n) is 2.71. The fourth-order valence-corrected chi connectivity index (χ4v) is 2.71. The zero-order chi connectivity index (χ0) is 16.1. The number of hydrogen-bond donors (Lipinski definition) is 2. The maximum Gasteiger partial charge on any atom is 0.267 e. The van der Waals surface area contributed by atoms with Crippen molar-refractivity contribution in [2.75, 3.05) is 13.1 Å². The van der Waals surface area contributed by atoms with Crippen molar-refractivity contribution in [2.45, 2.75) is 25.4 Å². The second-order valence-electron chi connectivity index (χ2n) is 5.69. The number of aromatic nitrogens is 2. The van der Waals surface area contributed by atoms with Crippen LogP contribution >= 0.6 is 12.4 Å². The number of piperidine rings is 1. The van der Waals surface area contributed by atoms with E-state index in [0.717, 1.165) is 31.5 Å². The number of carbonyl (C=O) groups excluding carboxylic acids is 1. The van der Waals surface area contributed by atoms with Crippen LogP contribution in [0.5, 0.6) is 0 Å². The standard InChI is InChI=1S/C17H20N4O2.ClH/c22-16(19-14-7-4-10-18-11-14)12-21-17(23)9-8-15(20-21)13-5-2-1-3-6-13;/h1-3,5-6,8-9,14,18H,4,7,10-12H2,(H,19,22);1H. The first-order valence-electron chi connectivity index (χ1n) is 7.86. The largest absolute Gasteiger partial charge is 0.350 e. The molecule has 6 nitrogen and oxygen atoms in total. The molecule has 7 heteroatoms. The summed E-state index contributed by atoms with van der Waals surface area (Å²) in [5.41, 5.74) is 1.32. The molecule has 0 saturated carbocycles. The SMILES string of the molecule is Cl.O=C(Cn1nc(-c2ccccc2)ccc1=O)NC1CCCNC1. The minimum Gasteiger partial charge on any atom is -0.350 e. The fraction of sp³-hybridized carbons (Fsp3) is 0.353. The molecule has 1 atom stereocenters. The van der Waals surface area contributed by atoms with Gasteiger partial charge in [0.15, 0.2) is 0 Å². The maximum atomic E-state index is 12.1. The third-order valence-corrected chi connectivity index (χ3v) is 3.89. The van der Waals surface area contributed by atoms with Crippen LogP contribution in [0.25, 0.3) is 11.3 Å². The van der Waals surface area contributed by atoms with Gasteiger partial charge in [-0.15, -0.1) is 12.4 Å². The first-order valence-corrected chi connectivity index (χ1v) is 7.86. The van der Waals surface area contributed by atoms with Gasteiger partial charge in [-0.25, -0.2) is 4.68 Å². The summed E-state index contributed by atoms with van der Waals surface area (Å²) in [5, 5.41) is 10.5. The molecule has 128 valence electrons. The molecule has 0 bridgehead atoms. The minimum atomic E-state index is -0.276. The Bertz CT molecular complexity index is 727. The van der Waals surface area contributed by atoms with Crippen LogP contribution in [-0.4, -0.2) is 34.8 Å². The molecule has 0 radical (unpaired) electrons. The summed E-state index contributed by atoms with van der Waals surface area (Å²) in [7, 11) is 0. The van der Waals surface area contributed by atoms with Crippen LogP contribution in [0.2, 0.25) is 0 Å². The van der Waals surface area contributed by atoms with E-state index in [1.54, 1.807) is 6.07 Å². The number of carbonyl (C=O) groups is 1. The van der Waals surface area contributed by atoms with E-state index in [2.05, 4.69) is 15.7 Å². The topological polar surface area (TPSA) is 76.0 Å².